The minimum absolute atomic E-state index is 0.0456. The summed E-state index contributed by atoms with van der Waals surface area (Å²) < 4.78 is 5.93. The van der Waals surface area contributed by atoms with Crippen molar-refractivity contribution in [2.24, 2.45) is 4.99 Å². The molecule has 23 heavy (non-hydrogen) atoms. The molecule has 2 aromatic rings. The van der Waals surface area contributed by atoms with E-state index < -0.39 is 0 Å². The van der Waals surface area contributed by atoms with Gasteiger partial charge in [0.15, 0.2) is 0 Å². The molecule has 0 saturated carbocycles. The number of rotatable bonds is 4. The Balaban J connectivity index is 1.63. The van der Waals surface area contributed by atoms with Crippen molar-refractivity contribution in [2.75, 3.05) is 0 Å². The van der Waals surface area contributed by atoms with Crippen molar-refractivity contribution in [1.29, 1.82) is 0 Å². The number of nitrogens with zero attached hydrogens (tertiary/aromatic N) is 1. The van der Waals surface area contributed by atoms with Gasteiger partial charge in [-0.2, -0.15) is 0 Å². The van der Waals surface area contributed by atoms with Crippen LogP contribution < -0.4 is 0 Å². The van der Waals surface area contributed by atoms with E-state index in [1.165, 1.54) is 11.8 Å². The Bertz CT molecular complexity index is 795. The summed E-state index contributed by atoms with van der Waals surface area (Å²) in [6, 6.07) is 11.3. The number of hydrogen-bond donors (Lipinski definition) is 0. The number of carbonyl (C=O) groups excluding carboxylic acids is 1. The van der Waals surface area contributed by atoms with Crippen LogP contribution in [-0.4, -0.2) is 9.49 Å². The van der Waals surface area contributed by atoms with Gasteiger partial charge in [0.2, 0.25) is 5.12 Å². The lowest BCUT2D eigenvalue weighted by molar-refractivity contribution is -0.107. The molecule has 2 heterocycles. The molecule has 0 N–H and O–H groups in total. The van der Waals surface area contributed by atoms with Gasteiger partial charge in [0.05, 0.1) is 6.26 Å². The van der Waals surface area contributed by atoms with E-state index in [0.717, 1.165) is 32.5 Å². The van der Waals surface area contributed by atoms with E-state index >= 15 is 0 Å². The fourth-order valence-electron chi connectivity index (χ4n) is 1.84. The minimum atomic E-state index is -0.0456. The molecule has 3 nitrogen and oxygen atoms in total. The fraction of sp³-hybridized carbons (Fsp3) is 0.0588. The number of furan rings is 1. The van der Waals surface area contributed by atoms with Crippen LogP contribution in [0.4, 0.5) is 0 Å². The molecule has 1 aliphatic rings. The predicted molar refractivity (Wildman–Crippen MR) is 98.6 cm³/mol. The predicted octanol–water partition coefficient (Wildman–Crippen LogP) is 5.39. The lowest BCUT2D eigenvalue weighted by Gasteiger charge is -2.02. The van der Waals surface area contributed by atoms with Crippen molar-refractivity contribution in [1.82, 2.24) is 0 Å². The molecule has 0 bridgehead atoms. The van der Waals surface area contributed by atoms with Gasteiger partial charge in [-0.3, -0.25) is 4.79 Å². The summed E-state index contributed by atoms with van der Waals surface area (Å²) in [4.78, 5) is 16.3. The molecule has 6 heteroatoms. The molecule has 0 aliphatic carbocycles. The Morgan fingerprint density at radius 3 is 2.91 bits per heavy atom. The summed E-state index contributed by atoms with van der Waals surface area (Å²) >= 11 is 8.79. The standard InChI is InChI=1S/C17H12ClNO2S2/c18-14-8-2-1-5-12(14)11-22-17-19-15(16(20)23-17)9-3-6-13-7-4-10-21-13/h1-10H,11H2/b6-3+,15-9+. The van der Waals surface area contributed by atoms with Crippen LogP contribution >= 0.6 is 35.1 Å². The quantitative estimate of drug-likeness (QED) is 0.684. The van der Waals surface area contributed by atoms with Gasteiger partial charge in [-0.1, -0.05) is 47.6 Å². The van der Waals surface area contributed by atoms with Crippen LogP contribution in [0.2, 0.25) is 5.02 Å². The average Bonchev–Trinajstić information content (AvgIpc) is 3.17. The number of benzene rings is 1. The normalized spacial score (nSPS) is 16.5. The average molecular weight is 362 g/mol. The van der Waals surface area contributed by atoms with E-state index in [1.807, 2.05) is 36.4 Å². The monoisotopic (exact) mass is 361 g/mol. The third-order valence-electron chi connectivity index (χ3n) is 2.97. The van der Waals surface area contributed by atoms with Crippen molar-refractivity contribution < 1.29 is 9.21 Å². The number of aliphatic imine (C=N–C) groups is 1. The third kappa shape index (κ3) is 4.41. The molecule has 0 spiro atoms. The zero-order valence-electron chi connectivity index (χ0n) is 11.9. The Hall–Kier alpha value is -1.69. The van der Waals surface area contributed by atoms with Crippen LogP contribution in [0.3, 0.4) is 0 Å². The molecule has 0 atom stereocenters. The molecule has 116 valence electrons. The molecule has 0 unspecified atom stereocenters. The first-order valence-corrected chi connectivity index (χ1v) is 8.99. The molecule has 1 aliphatic heterocycles. The second-order valence-electron chi connectivity index (χ2n) is 4.57. The largest absolute Gasteiger partial charge is 0.465 e. The number of hydrogen-bond acceptors (Lipinski definition) is 5. The van der Waals surface area contributed by atoms with Crippen LogP contribution in [0.15, 0.2) is 69.9 Å². The molecule has 1 aromatic heterocycles. The summed E-state index contributed by atoms with van der Waals surface area (Å²) in [5.41, 5.74) is 1.48. The van der Waals surface area contributed by atoms with Crippen molar-refractivity contribution in [3.8, 4) is 0 Å². The van der Waals surface area contributed by atoms with Crippen LogP contribution in [0, 0.1) is 0 Å². The highest BCUT2D eigenvalue weighted by atomic mass is 35.5. The summed E-state index contributed by atoms with van der Waals surface area (Å²) in [7, 11) is 0. The summed E-state index contributed by atoms with van der Waals surface area (Å²) in [5, 5.41) is 0.683. The second kappa shape index (κ2) is 7.73. The van der Waals surface area contributed by atoms with Gasteiger partial charge in [0.25, 0.3) is 0 Å². The summed E-state index contributed by atoms with van der Waals surface area (Å²) in [6.07, 6.45) is 6.85. The van der Waals surface area contributed by atoms with E-state index in [0.29, 0.717) is 11.4 Å². The molecule has 3 rings (SSSR count). The Labute approximate surface area is 147 Å². The topological polar surface area (TPSA) is 42.6 Å². The first kappa shape index (κ1) is 16.2. The third-order valence-corrected chi connectivity index (χ3v) is 5.39. The first-order chi connectivity index (χ1) is 11.2. The van der Waals surface area contributed by atoms with Crippen LogP contribution in [0.5, 0.6) is 0 Å². The van der Waals surface area contributed by atoms with Gasteiger partial charge in [0, 0.05) is 10.8 Å². The Morgan fingerprint density at radius 2 is 2.13 bits per heavy atom. The van der Waals surface area contributed by atoms with E-state index in [4.69, 9.17) is 16.0 Å². The molecule has 0 fully saturated rings. The van der Waals surface area contributed by atoms with E-state index in [-0.39, 0.29) is 5.12 Å². The van der Waals surface area contributed by atoms with Crippen LogP contribution in [0.1, 0.15) is 11.3 Å². The highest BCUT2D eigenvalue weighted by Gasteiger charge is 2.22. The van der Waals surface area contributed by atoms with Gasteiger partial charge in [-0.15, -0.1) is 0 Å². The van der Waals surface area contributed by atoms with Crippen molar-refractivity contribution in [3.05, 3.63) is 76.9 Å². The number of allylic oxidation sites excluding steroid dienone is 2. The van der Waals surface area contributed by atoms with E-state index in [1.54, 1.807) is 24.5 Å². The molecule has 1 aromatic carbocycles. The van der Waals surface area contributed by atoms with Gasteiger partial charge >= 0.3 is 0 Å². The zero-order valence-corrected chi connectivity index (χ0v) is 14.3. The molecular weight excluding hydrogens is 350 g/mol. The van der Waals surface area contributed by atoms with E-state index in [9.17, 15) is 4.79 Å². The van der Waals surface area contributed by atoms with Crippen molar-refractivity contribution in [2.45, 2.75) is 5.75 Å². The first-order valence-electron chi connectivity index (χ1n) is 6.81. The van der Waals surface area contributed by atoms with Crippen molar-refractivity contribution in [3.63, 3.8) is 0 Å². The van der Waals surface area contributed by atoms with E-state index in [2.05, 4.69) is 4.99 Å². The zero-order chi connectivity index (χ0) is 16.1. The lowest BCUT2D eigenvalue weighted by Crippen LogP contribution is -1.88. The maximum Gasteiger partial charge on any atom is 0.244 e. The van der Waals surface area contributed by atoms with Crippen LogP contribution in [-0.2, 0) is 10.5 Å². The molecule has 0 amide bonds. The Morgan fingerprint density at radius 1 is 1.26 bits per heavy atom. The number of thioether (sulfide) groups is 2. The molecule has 0 radical (unpaired) electrons. The van der Waals surface area contributed by atoms with Gasteiger partial charge in [0.1, 0.15) is 15.8 Å². The maximum absolute atomic E-state index is 11.9. The SMILES string of the molecule is O=C1SC(SCc2ccccc2Cl)=N/C1=C/C=C/c1ccco1. The summed E-state index contributed by atoms with van der Waals surface area (Å²) in [6.45, 7) is 0. The maximum atomic E-state index is 11.9. The fourth-order valence-corrected chi connectivity index (χ4v) is 3.98. The highest BCUT2D eigenvalue weighted by Crippen LogP contribution is 2.32. The Kier molecular flexibility index (Phi) is 5.43. The van der Waals surface area contributed by atoms with Gasteiger partial charge < -0.3 is 4.42 Å². The van der Waals surface area contributed by atoms with Gasteiger partial charge in [-0.05, 0) is 47.7 Å². The number of halogens is 1. The highest BCUT2D eigenvalue weighted by molar-refractivity contribution is 8.45. The second-order valence-corrected chi connectivity index (χ2v) is 7.17. The lowest BCUT2D eigenvalue weighted by atomic mass is 10.2. The minimum Gasteiger partial charge on any atom is -0.465 e. The smallest absolute Gasteiger partial charge is 0.244 e. The molecular formula is C17H12ClNO2S2. The van der Waals surface area contributed by atoms with Crippen molar-refractivity contribution >= 4 is 50.7 Å². The summed E-state index contributed by atoms with van der Waals surface area (Å²) in [5.74, 6) is 1.42. The number of carbonyl (C=O) groups is 1. The van der Waals surface area contributed by atoms with Crippen LogP contribution in [0.25, 0.3) is 6.08 Å². The molecule has 0 saturated heterocycles. The van der Waals surface area contributed by atoms with Gasteiger partial charge in [-0.25, -0.2) is 4.99 Å².